The minimum absolute atomic E-state index is 0.0529. The van der Waals surface area contributed by atoms with Crippen LogP contribution in [0.2, 0.25) is 0 Å². The zero-order chi connectivity index (χ0) is 11.4. The van der Waals surface area contributed by atoms with Crippen molar-refractivity contribution < 1.29 is 9.59 Å². The summed E-state index contributed by atoms with van der Waals surface area (Å²) >= 11 is 0. The van der Waals surface area contributed by atoms with E-state index in [1.54, 1.807) is 24.4 Å². The van der Waals surface area contributed by atoms with Gasteiger partial charge in [0, 0.05) is 25.2 Å². The second kappa shape index (κ2) is 4.74. The Morgan fingerprint density at radius 2 is 2.44 bits per heavy atom. The molecule has 5 heteroatoms. The van der Waals surface area contributed by atoms with E-state index in [1.807, 2.05) is 0 Å². The van der Waals surface area contributed by atoms with Gasteiger partial charge in [-0.15, -0.1) is 0 Å². The summed E-state index contributed by atoms with van der Waals surface area (Å²) in [7, 11) is 0. The lowest BCUT2D eigenvalue weighted by Crippen LogP contribution is -2.38. The lowest BCUT2D eigenvalue weighted by Gasteiger charge is -2.10. The summed E-state index contributed by atoms with van der Waals surface area (Å²) < 4.78 is 0. The van der Waals surface area contributed by atoms with Crippen LogP contribution in [-0.4, -0.2) is 29.4 Å². The topological polar surface area (TPSA) is 71.1 Å². The van der Waals surface area contributed by atoms with Crippen LogP contribution in [0.3, 0.4) is 0 Å². The summed E-state index contributed by atoms with van der Waals surface area (Å²) in [6.45, 7) is 0.459. The number of pyridine rings is 1. The first-order chi connectivity index (χ1) is 7.75. The summed E-state index contributed by atoms with van der Waals surface area (Å²) in [6, 6.07) is 5.23. The zero-order valence-electron chi connectivity index (χ0n) is 8.77. The molecule has 0 aliphatic carbocycles. The highest BCUT2D eigenvalue weighted by molar-refractivity contribution is 5.92. The first-order valence-corrected chi connectivity index (χ1v) is 5.24. The van der Waals surface area contributed by atoms with Gasteiger partial charge in [-0.2, -0.15) is 0 Å². The highest BCUT2D eigenvalue weighted by Gasteiger charge is 2.21. The quantitative estimate of drug-likeness (QED) is 0.756. The molecule has 84 valence electrons. The van der Waals surface area contributed by atoms with Crippen LogP contribution in [0.5, 0.6) is 0 Å². The van der Waals surface area contributed by atoms with Crippen molar-refractivity contribution in [2.75, 3.05) is 6.54 Å². The molecule has 0 radical (unpaired) electrons. The van der Waals surface area contributed by atoms with Gasteiger partial charge in [0.2, 0.25) is 5.91 Å². The van der Waals surface area contributed by atoms with E-state index in [4.69, 9.17) is 0 Å². The van der Waals surface area contributed by atoms with Crippen LogP contribution in [-0.2, 0) is 4.79 Å². The maximum Gasteiger partial charge on any atom is 0.269 e. The molecule has 2 rings (SSSR count). The predicted octanol–water partition coefficient (Wildman–Crippen LogP) is 0.0900. The largest absolute Gasteiger partial charge is 0.352 e. The van der Waals surface area contributed by atoms with Gasteiger partial charge in [-0.25, -0.2) is 0 Å². The Bertz CT molecular complexity index is 391. The number of nitrogens with one attached hydrogen (secondary N) is 2. The number of hydrogen-bond donors (Lipinski definition) is 2. The van der Waals surface area contributed by atoms with E-state index >= 15 is 0 Å². The Labute approximate surface area is 93.3 Å². The Kier molecular flexibility index (Phi) is 3.14. The molecule has 2 N–H and O–H groups in total. The van der Waals surface area contributed by atoms with Crippen molar-refractivity contribution in [3.63, 3.8) is 0 Å². The standard InChI is InChI=1S/C11H13N3O2/c15-10-5-4-8(14-10)7-13-11(16)9-3-1-2-6-12-9/h1-3,6,8H,4-5,7H2,(H,13,16)(H,14,15). The van der Waals surface area contributed by atoms with Crippen molar-refractivity contribution in [2.24, 2.45) is 0 Å². The summed E-state index contributed by atoms with van der Waals surface area (Å²) in [5.74, 6) is -0.154. The molecular weight excluding hydrogens is 206 g/mol. The van der Waals surface area contributed by atoms with Gasteiger partial charge >= 0.3 is 0 Å². The van der Waals surface area contributed by atoms with Crippen molar-refractivity contribution in [1.29, 1.82) is 0 Å². The van der Waals surface area contributed by atoms with Crippen molar-refractivity contribution in [3.8, 4) is 0 Å². The maximum atomic E-state index is 11.6. The Hall–Kier alpha value is -1.91. The molecule has 1 aromatic rings. The molecule has 0 aromatic carbocycles. The van der Waals surface area contributed by atoms with Gasteiger partial charge in [-0.05, 0) is 18.6 Å². The average Bonchev–Trinajstić information content (AvgIpc) is 2.73. The number of carbonyl (C=O) groups excluding carboxylic acids is 2. The smallest absolute Gasteiger partial charge is 0.269 e. The molecule has 1 aliphatic heterocycles. The molecule has 1 unspecified atom stereocenters. The van der Waals surface area contributed by atoms with Gasteiger partial charge in [0.25, 0.3) is 5.91 Å². The van der Waals surface area contributed by atoms with E-state index in [2.05, 4.69) is 15.6 Å². The van der Waals surface area contributed by atoms with Crippen LogP contribution in [0, 0.1) is 0 Å². The third-order valence-corrected chi connectivity index (χ3v) is 2.49. The molecule has 0 saturated carbocycles. The van der Waals surface area contributed by atoms with E-state index in [-0.39, 0.29) is 17.9 Å². The van der Waals surface area contributed by atoms with Crippen LogP contribution in [0.25, 0.3) is 0 Å². The molecule has 1 saturated heterocycles. The van der Waals surface area contributed by atoms with Gasteiger partial charge in [0.05, 0.1) is 0 Å². The minimum atomic E-state index is -0.207. The van der Waals surface area contributed by atoms with E-state index in [1.165, 1.54) is 0 Å². The van der Waals surface area contributed by atoms with Gasteiger partial charge in [0.1, 0.15) is 5.69 Å². The number of carbonyl (C=O) groups is 2. The fraction of sp³-hybridized carbons (Fsp3) is 0.364. The summed E-state index contributed by atoms with van der Waals surface area (Å²) in [5.41, 5.74) is 0.395. The van der Waals surface area contributed by atoms with Crippen LogP contribution >= 0.6 is 0 Å². The molecule has 0 bridgehead atoms. The zero-order valence-corrected chi connectivity index (χ0v) is 8.77. The molecular formula is C11H13N3O2. The number of hydrogen-bond acceptors (Lipinski definition) is 3. The lowest BCUT2D eigenvalue weighted by molar-refractivity contribution is -0.119. The Balaban J connectivity index is 1.82. The number of nitrogens with zero attached hydrogens (tertiary/aromatic N) is 1. The van der Waals surface area contributed by atoms with Gasteiger partial charge in [0.15, 0.2) is 0 Å². The van der Waals surface area contributed by atoms with Crippen LogP contribution in [0.4, 0.5) is 0 Å². The summed E-state index contributed by atoms with van der Waals surface area (Å²) in [4.78, 5) is 26.5. The molecule has 5 nitrogen and oxygen atoms in total. The van der Waals surface area contributed by atoms with Crippen molar-refractivity contribution >= 4 is 11.8 Å². The molecule has 1 aromatic heterocycles. The van der Waals surface area contributed by atoms with E-state index in [0.717, 1.165) is 6.42 Å². The molecule has 1 atom stereocenters. The number of amides is 2. The third kappa shape index (κ3) is 2.56. The molecule has 0 spiro atoms. The van der Waals surface area contributed by atoms with E-state index in [0.29, 0.717) is 18.7 Å². The van der Waals surface area contributed by atoms with Gasteiger partial charge in [-0.3, -0.25) is 14.6 Å². The fourth-order valence-corrected chi connectivity index (χ4v) is 1.63. The summed E-state index contributed by atoms with van der Waals surface area (Å²) in [6.07, 6.45) is 2.90. The molecule has 1 aliphatic rings. The van der Waals surface area contributed by atoms with Crippen LogP contribution in [0.15, 0.2) is 24.4 Å². The second-order valence-electron chi connectivity index (χ2n) is 3.73. The lowest BCUT2D eigenvalue weighted by atomic mass is 10.2. The SMILES string of the molecule is O=C1CCC(CNC(=O)c2ccccn2)N1. The van der Waals surface area contributed by atoms with Crippen molar-refractivity contribution in [1.82, 2.24) is 15.6 Å². The van der Waals surface area contributed by atoms with E-state index in [9.17, 15) is 9.59 Å². The molecule has 16 heavy (non-hydrogen) atoms. The molecule has 2 amide bonds. The normalized spacial score (nSPS) is 19.2. The fourth-order valence-electron chi connectivity index (χ4n) is 1.63. The van der Waals surface area contributed by atoms with Crippen LogP contribution in [0.1, 0.15) is 23.3 Å². The number of rotatable bonds is 3. The van der Waals surface area contributed by atoms with Crippen molar-refractivity contribution in [2.45, 2.75) is 18.9 Å². The highest BCUT2D eigenvalue weighted by atomic mass is 16.2. The van der Waals surface area contributed by atoms with Gasteiger partial charge in [-0.1, -0.05) is 6.07 Å². The maximum absolute atomic E-state index is 11.6. The van der Waals surface area contributed by atoms with Crippen LogP contribution < -0.4 is 10.6 Å². The summed E-state index contributed by atoms with van der Waals surface area (Å²) in [5, 5.41) is 5.53. The number of aromatic nitrogens is 1. The second-order valence-corrected chi connectivity index (χ2v) is 3.73. The third-order valence-electron chi connectivity index (χ3n) is 2.49. The Morgan fingerprint density at radius 1 is 1.56 bits per heavy atom. The highest BCUT2D eigenvalue weighted by Crippen LogP contribution is 2.05. The predicted molar refractivity (Wildman–Crippen MR) is 57.7 cm³/mol. The molecule has 2 heterocycles. The monoisotopic (exact) mass is 219 g/mol. The Morgan fingerprint density at radius 3 is 3.06 bits per heavy atom. The van der Waals surface area contributed by atoms with E-state index < -0.39 is 0 Å². The first-order valence-electron chi connectivity index (χ1n) is 5.24. The van der Waals surface area contributed by atoms with Gasteiger partial charge < -0.3 is 10.6 Å². The van der Waals surface area contributed by atoms with Crippen molar-refractivity contribution in [3.05, 3.63) is 30.1 Å². The molecule has 1 fully saturated rings. The minimum Gasteiger partial charge on any atom is -0.352 e. The average molecular weight is 219 g/mol. The first kappa shape index (κ1) is 10.6.